The average molecular weight is 215 g/mol. The van der Waals surface area contributed by atoms with Crippen LogP contribution in [0.15, 0.2) is 24.3 Å². The highest BCUT2D eigenvalue weighted by atomic mass is 16.5. The van der Waals surface area contributed by atoms with Gasteiger partial charge in [0.1, 0.15) is 5.75 Å². The van der Waals surface area contributed by atoms with Gasteiger partial charge in [0.15, 0.2) is 0 Å². The summed E-state index contributed by atoms with van der Waals surface area (Å²) in [5.41, 5.74) is 0.890. The van der Waals surface area contributed by atoms with E-state index in [0.717, 1.165) is 43.6 Å². The minimum Gasteiger partial charge on any atom is -0.494 e. The molecule has 0 heterocycles. The van der Waals surface area contributed by atoms with E-state index in [-0.39, 0.29) is 5.41 Å². The summed E-state index contributed by atoms with van der Waals surface area (Å²) in [7, 11) is 0. The molecule has 0 amide bonds. The van der Waals surface area contributed by atoms with E-state index in [0.29, 0.717) is 0 Å². The van der Waals surface area contributed by atoms with Crippen molar-refractivity contribution in [2.45, 2.75) is 38.0 Å². The zero-order chi connectivity index (χ0) is 11.4. The topological polar surface area (TPSA) is 33.0 Å². The summed E-state index contributed by atoms with van der Waals surface area (Å²) in [6.07, 6.45) is 4.14. The van der Waals surface area contributed by atoms with Gasteiger partial charge in [-0.1, -0.05) is 19.1 Å². The fraction of sp³-hybridized carbons (Fsp3) is 0.500. The SMILES string of the molecule is CCCOc1cccc(C2(C#N)CCC2)c1. The molecule has 0 saturated heterocycles. The van der Waals surface area contributed by atoms with Crippen molar-refractivity contribution in [2.75, 3.05) is 6.61 Å². The maximum atomic E-state index is 9.27. The maximum absolute atomic E-state index is 9.27. The molecule has 0 unspecified atom stereocenters. The highest BCUT2D eigenvalue weighted by Crippen LogP contribution is 2.43. The molecular formula is C14H17NO. The van der Waals surface area contributed by atoms with Crippen LogP contribution in [0.25, 0.3) is 0 Å². The third-order valence-electron chi connectivity index (χ3n) is 3.28. The fourth-order valence-electron chi connectivity index (χ4n) is 2.10. The highest BCUT2D eigenvalue weighted by molar-refractivity contribution is 5.39. The third kappa shape index (κ3) is 1.90. The number of benzene rings is 1. The molecule has 1 aliphatic carbocycles. The second-order valence-corrected chi connectivity index (χ2v) is 4.42. The van der Waals surface area contributed by atoms with E-state index in [9.17, 15) is 5.26 Å². The molecular weight excluding hydrogens is 198 g/mol. The van der Waals surface area contributed by atoms with E-state index in [1.54, 1.807) is 0 Å². The Morgan fingerprint density at radius 2 is 2.25 bits per heavy atom. The quantitative estimate of drug-likeness (QED) is 0.771. The van der Waals surface area contributed by atoms with Crippen LogP contribution in [0.3, 0.4) is 0 Å². The Bertz CT molecular complexity index is 401. The molecule has 0 atom stereocenters. The number of hydrogen-bond donors (Lipinski definition) is 0. The lowest BCUT2D eigenvalue weighted by atomic mass is 9.65. The lowest BCUT2D eigenvalue weighted by Gasteiger charge is -2.35. The Labute approximate surface area is 96.9 Å². The zero-order valence-electron chi connectivity index (χ0n) is 9.70. The molecule has 1 aromatic rings. The van der Waals surface area contributed by atoms with Crippen LogP contribution in [0.1, 0.15) is 38.2 Å². The first kappa shape index (κ1) is 11.0. The van der Waals surface area contributed by atoms with Crippen molar-refractivity contribution < 1.29 is 4.74 Å². The molecule has 1 aromatic carbocycles. The molecule has 2 heteroatoms. The van der Waals surface area contributed by atoms with Gasteiger partial charge in [0.2, 0.25) is 0 Å². The standard InChI is InChI=1S/C14H17NO/c1-2-9-16-13-6-3-5-12(10-13)14(11-15)7-4-8-14/h3,5-6,10H,2,4,7-9H2,1H3. The molecule has 0 N–H and O–H groups in total. The molecule has 2 nitrogen and oxygen atoms in total. The smallest absolute Gasteiger partial charge is 0.119 e. The van der Waals surface area contributed by atoms with Crippen molar-refractivity contribution in [3.8, 4) is 11.8 Å². The Hall–Kier alpha value is -1.49. The first-order valence-electron chi connectivity index (χ1n) is 5.95. The molecule has 0 aromatic heterocycles. The Kier molecular flexibility index (Phi) is 3.14. The van der Waals surface area contributed by atoms with Crippen LogP contribution in [0.2, 0.25) is 0 Å². The summed E-state index contributed by atoms with van der Waals surface area (Å²) in [6.45, 7) is 2.83. The average Bonchev–Trinajstić information content (AvgIpc) is 2.26. The maximum Gasteiger partial charge on any atom is 0.119 e. The molecule has 84 valence electrons. The van der Waals surface area contributed by atoms with Gasteiger partial charge < -0.3 is 4.74 Å². The van der Waals surface area contributed by atoms with Gasteiger partial charge in [-0.05, 0) is 43.4 Å². The normalized spacial score (nSPS) is 17.2. The number of hydrogen-bond acceptors (Lipinski definition) is 2. The van der Waals surface area contributed by atoms with Crippen LogP contribution in [0, 0.1) is 11.3 Å². The van der Waals surface area contributed by atoms with E-state index >= 15 is 0 Å². The van der Waals surface area contributed by atoms with Gasteiger partial charge in [-0.3, -0.25) is 0 Å². The molecule has 16 heavy (non-hydrogen) atoms. The van der Waals surface area contributed by atoms with Crippen LogP contribution >= 0.6 is 0 Å². The van der Waals surface area contributed by atoms with Crippen LogP contribution in [0.5, 0.6) is 5.75 Å². The van der Waals surface area contributed by atoms with E-state index in [4.69, 9.17) is 4.74 Å². The summed E-state index contributed by atoms with van der Waals surface area (Å²) < 4.78 is 5.59. The molecule has 1 saturated carbocycles. The largest absolute Gasteiger partial charge is 0.494 e. The first-order valence-corrected chi connectivity index (χ1v) is 5.95. The van der Waals surface area contributed by atoms with Gasteiger partial charge in [-0.2, -0.15) is 5.26 Å². The highest BCUT2D eigenvalue weighted by Gasteiger charge is 2.39. The van der Waals surface area contributed by atoms with Crippen LogP contribution in [-0.2, 0) is 5.41 Å². The third-order valence-corrected chi connectivity index (χ3v) is 3.28. The molecule has 1 fully saturated rings. The number of nitriles is 1. The monoisotopic (exact) mass is 215 g/mol. The van der Waals surface area contributed by atoms with Gasteiger partial charge in [0.25, 0.3) is 0 Å². The van der Waals surface area contributed by atoms with Crippen molar-refractivity contribution in [1.82, 2.24) is 0 Å². The minimum absolute atomic E-state index is 0.231. The molecule has 0 radical (unpaired) electrons. The minimum atomic E-state index is -0.231. The Morgan fingerprint density at radius 3 is 2.81 bits per heavy atom. The van der Waals surface area contributed by atoms with Crippen molar-refractivity contribution in [3.63, 3.8) is 0 Å². The van der Waals surface area contributed by atoms with Crippen molar-refractivity contribution >= 4 is 0 Å². The van der Waals surface area contributed by atoms with Crippen LogP contribution < -0.4 is 4.74 Å². The summed E-state index contributed by atoms with van der Waals surface area (Å²) >= 11 is 0. The molecule has 0 spiro atoms. The van der Waals surface area contributed by atoms with Gasteiger partial charge in [0, 0.05) is 0 Å². The van der Waals surface area contributed by atoms with Gasteiger partial charge in [-0.15, -0.1) is 0 Å². The molecule has 1 aliphatic rings. The number of ether oxygens (including phenoxy) is 1. The predicted octanol–water partition coefficient (Wildman–Crippen LogP) is 3.42. The van der Waals surface area contributed by atoms with Crippen LogP contribution in [-0.4, -0.2) is 6.61 Å². The summed E-state index contributed by atoms with van der Waals surface area (Å²) in [5, 5.41) is 9.27. The second-order valence-electron chi connectivity index (χ2n) is 4.42. The lowest BCUT2D eigenvalue weighted by molar-refractivity contribution is 0.307. The van der Waals surface area contributed by atoms with Crippen molar-refractivity contribution in [2.24, 2.45) is 0 Å². The van der Waals surface area contributed by atoms with Gasteiger partial charge in [-0.25, -0.2) is 0 Å². The van der Waals surface area contributed by atoms with Crippen LogP contribution in [0.4, 0.5) is 0 Å². The molecule has 2 rings (SSSR count). The fourth-order valence-corrected chi connectivity index (χ4v) is 2.10. The Morgan fingerprint density at radius 1 is 1.44 bits per heavy atom. The van der Waals surface area contributed by atoms with E-state index in [2.05, 4.69) is 13.0 Å². The molecule has 0 aliphatic heterocycles. The number of nitrogens with zero attached hydrogens (tertiary/aromatic N) is 1. The number of rotatable bonds is 4. The lowest BCUT2D eigenvalue weighted by Crippen LogP contribution is -2.32. The second kappa shape index (κ2) is 4.57. The van der Waals surface area contributed by atoms with Crippen molar-refractivity contribution in [1.29, 1.82) is 5.26 Å². The van der Waals surface area contributed by atoms with E-state index in [1.807, 2.05) is 24.3 Å². The molecule has 0 bridgehead atoms. The summed E-state index contributed by atoms with van der Waals surface area (Å²) in [4.78, 5) is 0. The zero-order valence-corrected chi connectivity index (χ0v) is 9.70. The van der Waals surface area contributed by atoms with E-state index < -0.39 is 0 Å². The van der Waals surface area contributed by atoms with Gasteiger partial charge >= 0.3 is 0 Å². The van der Waals surface area contributed by atoms with E-state index in [1.165, 1.54) is 0 Å². The predicted molar refractivity (Wildman–Crippen MR) is 63.4 cm³/mol. The first-order chi connectivity index (χ1) is 7.80. The van der Waals surface area contributed by atoms with Crippen molar-refractivity contribution in [3.05, 3.63) is 29.8 Å². The summed E-state index contributed by atoms with van der Waals surface area (Å²) in [6, 6.07) is 10.5. The summed E-state index contributed by atoms with van der Waals surface area (Å²) in [5.74, 6) is 0.890. The Balaban J connectivity index is 2.19. The van der Waals surface area contributed by atoms with Gasteiger partial charge in [0.05, 0.1) is 18.1 Å².